The summed E-state index contributed by atoms with van der Waals surface area (Å²) >= 11 is 0. The standard InChI is InChI=1S/C22H35N3O3/c1-16-8-9-19(13-17(16)2)14-24-11-12-25(15-20(24)26)21(27)23-18(3)7-6-10-22(4,5)28/h8-9,13,18,28H,6-7,10-12,14-15H2,1-5H3,(H,23,27)/t18-/m0/s1. The highest BCUT2D eigenvalue weighted by Crippen LogP contribution is 2.15. The molecule has 156 valence electrons. The Labute approximate surface area is 168 Å². The molecule has 6 heteroatoms. The molecule has 0 saturated carbocycles. The molecule has 0 aliphatic carbocycles. The second kappa shape index (κ2) is 9.41. The lowest BCUT2D eigenvalue weighted by Gasteiger charge is -2.35. The molecule has 0 unspecified atom stereocenters. The number of benzene rings is 1. The molecule has 0 radical (unpaired) electrons. The summed E-state index contributed by atoms with van der Waals surface area (Å²) in [6.45, 7) is 11.5. The van der Waals surface area contributed by atoms with Gasteiger partial charge in [0, 0.05) is 25.7 Å². The molecule has 6 nitrogen and oxygen atoms in total. The third-order valence-electron chi connectivity index (χ3n) is 5.35. The average molecular weight is 390 g/mol. The highest BCUT2D eigenvalue weighted by atomic mass is 16.3. The number of urea groups is 1. The van der Waals surface area contributed by atoms with E-state index in [2.05, 4.69) is 37.4 Å². The van der Waals surface area contributed by atoms with Crippen molar-refractivity contribution in [2.24, 2.45) is 0 Å². The molecule has 0 bridgehead atoms. The molecule has 1 atom stereocenters. The Morgan fingerprint density at radius 3 is 2.57 bits per heavy atom. The van der Waals surface area contributed by atoms with Crippen LogP contribution in [0, 0.1) is 13.8 Å². The number of nitrogens with one attached hydrogen (secondary N) is 1. The third-order valence-corrected chi connectivity index (χ3v) is 5.35. The van der Waals surface area contributed by atoms with E-state index in [4.69, 9.17) is 0 Å². The van der Waals surface area contributed by atoms with E-state index in [1.54, 1.807) is 18.7 Å². The van der Waals surface area contributed by atoms with Gasteiger partial charge in [0.25, 0.3) is 0 Å². The van der Waals surface area contributed by atoms with Gasteiger partial charge in [0.1, 0.15) is 6.54 Å². The number of piperazine rings is 1. The molecule has 3 amide bonds. The molecule has 1 aromatic carbocycles. The quantitative estimate of drug-likeness (QED) is 0.753. The summed E-state index contributed by atoms with van der Waals surface area (Å²) in [5.74, 6) is -0.0192. The van der Waals surface area contributed by atoms with Gasteiger partial charge in [-0.1, -0.05) is 18.2 Å². The molecule has 0 aromatic heterocycles. The zero-order valence-corrected chi connectivity index (χ0v) is 17.9. The van der Waals surface area contributed by atoms with E-state index in [0.717, 1.165) is 18.4 Å². The zero-order chi connectivity index (χ0) is 20.9. The summed E-state index contributed by atoms with van der Waals surface area (Å²) < 4.78 is 0. The van der Waals surface area contributed by atoms with Crippen molar-refractivity contribution >= 4 is 11.9 Å². The Morgan fingerprint density at radius 2 is 1.96 bits per heavy atom. The smallest absolute Gasteiger partial charge is 0.318 e. The van der Waals surface area contributed by atoms with E-state index in [-0.39, 0.29) is 24.5 Å². The molecular formula is C22H35N3O3. The van der Waals surface area contributed by atoms with E-state index in [9.17, 15) is 14.7 Å². The molecule has 1 aromatic rings. The van der Waals surface area contributed by atoms with Crippen molar-refractivity contribution in [1.82, 2.24) is 15.1 Å². The van der Waals surface area contributed by atoms with Crippen molar-refractivity contribution in [2.45, 2.75) is 72.1 Å². The fourth-order valence-corrected chi connectivity index (χ4v) is 3.39. The van der Waals surface area contributed by atoms with Crippen LogP contribution in [0.5, 0.6) is 0 Å². The van der Waals surface area contributed by atoms with Gasteiger partial charge in [-0.2, -0.15) is 0 Å². The van der Waals surface area contributed by atoms with Crippen LogP contribution < -0.4 is 5.32 Å². The van der Waals surface area contributed by atoms with Gasteiger partial charge in [-0.15, -0.1) is 0 Å². The van der Waals surface area contributed by atoms with Crippen LogP contribution in [-0.4, -0.2) is 58.1 Å². The van der Waals surface area contributed by atoms with Gasteiger partial charge in [0.2, 0.25) is 5.91 Å². The maximum Gasteiger partial charge on any atom is 0.318 e. The number of hydrogen-bond acceptors (Lipinski definition) is 3. The molecular weight excluding hydrogens is 354 g/mol. The Morgan fingerprint density at radius 1 is 1.25 bits per heavy atom. The van der Waals surface area contributed by atoms with Gasteiger partial charge in [0.15, 0.2) is 0 Å². The number of carbonyl (C=O) groups is 2. The van der Waals surface area contributed by atoms with Crippen molar-refractivity contribution < 1.29 is 14.7 Å². The van der Waals surface area contributed by atoms with Gasteiger partial charge in [-0.3, -0.25) is 4.79 Å². The highest BCUT2D eigenvalue weighted by Gasteiger charge is 2.27. The molecule has 28 heavy (non-hydrogen) atoms. The minimum atomic E-state index is -0.678. The van der Waals surface area contributed by atoms with E-state index in [1.807, 2.05) is 11.8 Å². The Bertz CT molecular complexity index is 697. The average Bonchev–Trinajstić information content (AvgIpc) is 2.58. The van der Waals surface area contributed by atoms with Crippen LogP contribution in [0.4, 0.5) is 4.79 Å². The highest BCUT2D eigenvalue weighted by molar-refractivity contribution is 5.85. The lowest BCUT2D eigenvalue weighted by molar-refractivity contribution is -0.135. The Balaban J connectivity index is 1.79. The fourth-order valence-electron chi connectivity index (χ4n) is 3.39. The van der Waals surface area contributed by atoms with Gasteiger partial charge in [-0.05, 0) is 70.6 Å². The predicted octanol–water partition coefficient (Wildman–Crippen LogP) is 2.99. The van der Waals surface area contributed by atoms with Gasteiger partial charge >= 0.3 is 6.03 Å². The Hall–Kier alpha value is -2.08. The van der Waals surface area contributed by atoms with Crippen molar-refractivity contribution in [3.05, 3.63) is 34.9 Å². The van der Waals surface area contributed by atoms with Gasteiger partial charge in [-0.25, -0.2) is 4.79 Å². The fraction of sp³-hybridized carbons (Fsp3) is 0.636. The van der Waals surface area contributed by atoms with Crippen LogP contribution in [0.15, 0.2) is 18.2 Å². The predicted molar refractivity (Wildman–Crippen MR) is 111 cm³/mol. The molecule has 0 spiro atoms. The first-order valence-electron chi connectivity index (χ1n) is 10.2. The van der Waals surface area contributed by atoms with Crippen molar-refractivity contribution in [2.75, 3.05) is 19.6 Å². The molecule has 1 saturated heterocycles. The van der Waals surface area contributed by atoms with Crippen molar-refractivity contribution in [3.63, 3.8) is 0 Å². The third kappa shape index (κ3) is 6.82. The van der Waals surface area contributed by atoms with Crippen molar-refractivity contribution in [1.29, 1.82) is 0 Å². The molecule has 1 heterocycles. The first-order valence-corrected chi connectivity index (χ1v) is 10.2. The maximum absolute atomic E-state index is 12.5. The first-order chi connectivity index (χ1) is 13.0. The maximum atomic E-state index is 12.5. The Kier molecular flexibility index (Phi) is 7.47. The molecule has 2 rings (SSSR count). The summed E-state index contributed by atoms with van der Waals surface area (Å²) in [5, 5.41) is 12.7. The van der Waals surface area contributed by atoms with Crippen LogP contribution in [0.2, 0.25) is 0 Å². The number of aryl methyl sites for hydroxylation is 2. The van der Waals surface area contributed by atoms with Gasteiger partial charge in [0.05, 0.1) is 5.60 Å². The van der Waals surface area contributed by atoms with E-state index < -0.39 is 5.60 Å². The SMILES string of the molecule is Cc1ccc(CN2CCN(C(=O)N[C@@H](C)CCCC(C)(C)O)CC2=O)cc1C. The minimum Gasteiger partial charge on any atom is -0.390 e. The molecule has 1 fully saturated rings. The number of amides is 3. The summed E-state index contributed by atoms with van der Waals surface area (Å²) in [4.78, 5) is 28.4. The summed E-state index contributed by atoms with van der Waals surface area (Å²) in [6, 6.07) is 6.09. The lowest BCUT2D eigenvalue weighted by Crippen LogP contribution is -2.55. The summed E-state index contributed by atoms with van der Waals surface area (Å²) in [6.07, 6.45) is 2.34. The number of hydrogen-bond donors (Lipinski definition) is 2. The first kappa shape index (κ1) is 22.2. The molecule has 1 aliphatic heterocycles. The second-order valence-electron chi connectivity index (χ2n) is 8.71. The van der Waals surface area contributed by atoms with Crippen LogP contribution in [0.3, 0.4) is 0 Å². The van der Waals surface area contributed by atoms with Crippen LogP contribution in [0.25, 0.3) is 0 Å². The van der Waals surface area contributed by atoms with Gasteiger partial charge < -0.3 is 20.2 Å². The summed E-state index contributed by atoms with van der Waals surface area (Å²) in [7, 11) is 0. The molecule has 2 N–H and O–H groups in total. The zero-order valence-electron chi connectivity index (χ0n) is 17.9. The monoisotopic (exact) mass is 389 g/mol. The van der Waals surface area contributed by atoms with Crippen molar-refractivity contribution in [3.8, 4) is 0 Å². The number of nitrogens with zero attached hydrogens (tertiary/aromatic N) is 2. The second-order valence-corrected chi connectivity index (χ2v) is 8.71. The minimum absolute atomic E-state index is 0.0125. The van der Waals surface area contributed by atoms with Crippen LogP contribution in [-0.2, 0) is 11.3 Å². The van der Waals surface area contributed by atoms with Crippen LogP contribution in [0.1, 0.15) is 56.7 Å². The van der Waals surface area contributed by atoms with E-state index in [0.29, 0.717) is 26.1 Å². The molecule has 1 aliphatic rings. The topological polar surface area (TPSA) is 72.9 Å². The van der Waals surface area contributed by atoms with Crippen LogP contribution >= 0.6 is 0 Å². The number of aliphatic hydroxyl groups is 1. The number of carbonyl (C=O) groups excluding carboxylic acids is 2. The number of rotatable bonds is 7. The largest absolute Gasteiger partial charge is 0.390 e. The lowest BCUT2D eigenvalue weighted by atomic mass is 10.00. The normalized spacial score (nSPS) is 16.3. The van der Waals surface area contributed by atoms with E-state index in [1.165, 1.54) is 11.1 Å². The summed E-state index contributed by atoms with van der Waals surface area (Å²) in [5.41, 5.74) is 2.91. The van der Waals surface area contributed by atoms with E-state index >= 15 is 0 Å².